The van der Waals surface area contributed by atoms with Crippen LogP contribution in [0.4, 0.5) is 27.0 Å². The Morgan fingerprint density at radius 2 is 2.21 bits per heavy atom. The van der Waals surface area contributed by atoms with Crippen molar-refractivity contribution in [3.8, 4) is 0 Å². The molecule has 0 aliphatic heterocycles. The fourth-order valence-electron chi connectivity index (χ4n) is 1.82. The van der Waals surface area contributed by atoms with E-state index in [9.17, 15) is 9.18 Å². The topological polar surface area (TPSA) is 106 Å². The Morgan fingerprint density at radius 3 is 2.92 bits per heavy atom. The minimum atomic E-state index is -0.746. The molecule has 2 aromatic heterocycles. The number of amides is 1. The van der Waals surface area contributed by atoms with Crippen molar-refractivity contribution in [1.29, 1.82) is 0 Å². The van der Waals surface area contributed by atoms with E-state index in [1.807, 2.05) is 12.3 Å². The number of halogens is 2. The third kappa shape index (κ3) is 3.47. The van der Waals surface area contributed by atoms with E-state index >= 15 is 0 Å². The van der Waals surface area contributed by atoms with Crippen molar-refractivity contribution >= 4 is 51.5 Å². The van der Waals surface area contributed by atoms with Crippen LogP contribution in [0.2, 0.25) is 5.02 Å². The van der Waals surface area contributed by atoms with Crippen molar-refractivity contribution < 1.29 is 13.6 Å². The van der Waals surface area contributed by atoms with Crippen LogP contribution >= 0.6 is 22.9 Å². The fraction of sp³-hybridized carbons (Fsp3) is 0.0714. The molecule has 3 rings (SSSR count). The van der Waals surface area contributed by atoms with Crippen molar-refractivity contribution in [3.63, 3.8) is 0 Å². The van der Waals surface area contributed by atoms with Crippen LogP contribution in [0, 0.1) is 12.7 Å². The molecule has 124 valence electrons. The van der Waals surface area contributed by atoms with Crippen molar-refractivity contribution in [2.45, 2.75) is 6.92 Å². The molecule has 0 aliphatic rings. The number of nitrogens with one attached hydrogen (secondary N) is 2. The van der Waals surface area contributed by atoms with Crippen LogP contribution in [0.15, 0.2) is 28.0 Å². The molecule has 10 heteroatoms. The second-order valence-corrected chi connectivity index (χ2v) is 6.03. The molecule has 0 atom stereocenters. The zero-order valence-electron chi connectivity index (χ0n) is 12.3. The second-order valence-electron chi connectivity index (χ2n) is 4.73. The number of nitrogen functional groups attached to an aromatic ring is 1. The van der Waals surface area contributed by atoms with Gasteiger partial charge in [0.25, 0.3) is 5.91 Å². The van der Waals surface area contributed by atoms with E-state index in [1.165, 1.54) is 23.5 Å². The van der Waals surface area contributed by atoms with Crippen LogP contribution in [0.1, 0.15) is 16.2 Å². The molecule has 0 bridgehead atoms. The third-order valence-electron chi connectivity index (χ3n) is 2.87. The highest BCUT2D eigenvalue weighted by Crippen LogP contribution is 2.25. The molecular formula is C14H11ClFN5O2S. The molecule has 4 N–H and O–H groups in total. The Morgan fingerprint density at radius 1 is 1.42 bits per heavy atom. The van der Waals surface area contributed by atoms with Gasteiger partial charge in [0.1, 0.15) is 5.82 Å². The summed E-state index contributed by atoms with van der Waals surface area (Å²) in [5, 5.41) is 7.79. The summed E-state index contributed by atoms with van der Waals surface area (Å²) in [4.78, 5) is 20.3. The molecule has 0 radical (unpaired) electrons. The third-order valence-corrected chi connectivity index (χ3v) is 3.98. The first kappa shape index (κ1) is 16.2. The minimum absolute atomic E-state index is 0.0126. The van der Waals surface area contributed by atoms with E-state index in [2.05, 4.69) is 20.6 Å². The number of carbonyl (C=O) groups is 1. The van der Waals surface area contributed by atoms with Crippen LogP contribution in [0.25, 0.3) is 0 Å². The molecule has 3 aromatic rings. The van der Waals surface area contributed by atoms with Crippen LogP contribution in [-0.2, 0) is 0 Å². The molecule has 1 amide bonds. The molecule has 2 heterocycles. The SMILES string of the molecule is Cc1csc(Nc2nc(N)c(C(=O)Nc3cc(Cl)ccc3F)o2)n1. The predicted octanol–water partition coefficient (Wildman–Crippen LogP) is 3.81. The van der Waals surface area contributed by atoms with E-state index < -0.39 is 11.7 Å². The van der Waals surface area contributed by atoms with Crippen molar-refractivity contribution in [1.82, 2.24) is 9.97 Å². The number of aryl methyl sites for hydroxylation is 1. The number of hydrogen-bond acceptors (Lipinski definition) is 7. The predicted molar refractivity (Wildman–Crippen MR) is 90.4 cm³/mol. The zero-order chi connectivity index (χ0) is 17.3. The van der Waals surface area contributed by atoms with E-state index in [-0.39, 0.29) is 28.3 Å². The van der Waals surface area contributed by atoms with E-state index in [0.717, 1.165) is 11.8 Å². The number of rotatable bonds is 4. The maximum atomic E-state index is 13.7. The summed E-state index contributed by atoms with van der Waals surface area (Å²) in [6.45, 7) is 1.84. The van der Waals surface area contributed by atoms with E-state index in [4.69, 9.17) is 21.8 Å². The number of nitrogens with two attached hydrogens (primary N) is 1. The lowest BCUT2D eigenvalue weighted by molar-refractivity contribution is 0.0998. The Kier molecular flexibility index (Phi) is 4.36. The Bertz CT molecular complexity index is 910. The van der Waals surface area contributed by atoms with Gasteiger partial charge in [0.15, 0.2) is 10.9 Å². The standard InChI is InChI=1S/C14H11ClFN5O2S/c1-6-5-24-14(18-6)21-13-20-11(17)10(23-13)12(22)19-9-4-7(15)2-3-8(9)16/h2-5H,17H2,1H3,(H,19,22)(H,18,20,21). The molecule has 7 nitrogen and oxygen atoms in total. The smallest absolute Gasteiger partial charge is 0.303 e. The number of aromatic nitrogens is 2. The average Bonchev–Trinajstić information content (AvgIpc) is 3.09. The Hall–Kier alpha value is -2.65. The van der Waals surface area contributed by atoms with Crippen LogP contribution in [0.3, 0.4) is 0 Å². The van der Waals surface area contributed by atoms with Crippen molar-refractivity contribution in [3.05, 3.63) is 45.9 Å². The summed E-state index contributed by atoms with van der Waals surface area (Å²) < 4.78 is 19.0. The molecular weight excluding hydrogens is 357 g/mol. The van der Waals surface area contributed by atoms with Gasteiger partial charge in [-0.3, -0.25) is 10.1 Å². The van der Waals surface area contributed by atoms with Crippen LogP contribution in [-0.4, -0.2) is 15.9 Å². The molecule has 0 saturated carbocycles. The van der Waals surface area contributed by atoms with Crippen LogP contribution in [0.5, 0.6) is 0 Å². The summed E-state index contributed by atoms with van der Waals surface area (Å²) in [7, 11) is 0. The first-order chi connectivity index (χ1) is 11.4. The maximum Gasteiger partial charge on any atom is 0.303 e. The van der Waals surface area contributed by atoms with Gasteiger partial charge in [-0.25, -0.2) is 9.37 Å². The van der Waals surface area contributed by atoms with Gasteiger partial charge in [0.05, 0.1) is 11.4 Å². The van der Waals surface area contributed by atoms with Crippen molar-refractivity contribution in [2.24, 2.45) is 0 Å². The van der Waals surface area contributed by atoms with Gasteiger partial charge in [0, 0.05) is 10.4 Å². The van der Waals surface area contributed by atoms with Gasteiger partial charge in [0.2, 0.25) is 5.76 Å². The maximum absolute atomic E-state index is 13.7. The summed E-state index contributed by atoms with van der Waals surface area (Å²) in [5.41, 5.74) is 6.42. The number of anilines is 4. The average molecular weight is 368 g/mol. The highest BCUT2D eigenvalue weighted by molar-refractivity contribution is 7.13. The van der Waals surface area contributed by atoms with Gasteiger partial charge in [-0.1, -0.05) is 11.6 Å². The lowest BCUT2D eigenvalue weighted by atomic mass is 10.3. The summed E-state index contributed by atoms with van der Waals surface area (Å²) >= 11 is 7.13. The van der Waals surface area contributed by atoms with Gasteiger partial charge >= 0.3 is 6.01 Å². The summed E-state index contributed by atoms with van der Waals surface area (Å²) in [6, 6.07) is 3.80. The number of carbonyl (C=O) groups excluding carboxylic acids is 1. The van der Waals surface area contributed by atoms with Gasteiger partial charge in [-0.2, -0.15) is 4.98 Å². The molecule has 24 heavy (non-hydrogen) atoms. The Labute approximate surface area is 144 Å². The lowest BCUT2D eigenvalue weighted by Crippen LogP contribution is -2.14. The molecule has 1 aromatic carbocycles. The largest absolute Gasteiger partial charge is 0.416 e. The molecule has 0 unspecified atom stereocenters. The summed E-state index contributed by atoms with van der Waals surface area (Å²) in [6.07, 6.45) is 0. The number of thiazole rings is 1. The first-order valence-corrected chi connectivity index (χ1v) is 7.90. The number of benzene rings is 1. The normalized spacial score (nSPS) is 10.6. The molecule has 0 spiro atoms. The van der Waals surface area contributed by atoms with Crippen molar-refractivity contribution in [2.75, 3.05) is 16.4 Å². The lowest BCUT2D eigenvalue weighted by Gasteiger charge is -2.05. The zero-order valence-corrected chi connectivity index (χ0v) is 13.8. The van der Waals surface area contributed by atoms with Gasteiger partial charge < -0.3 is 15.5 Å². The molecule has 0 saturated heterocycles. The number of oxazole rings is 1. The molecule has 0 aliphatic carbocycles. The highest BCUT2D eigenvalue weighted by Gasteiger charge is 2.20. The Balaban J connectivity index is 1.79. The van der Waals surface area contributed by atoms with E-state index in [1.54, 1.807) is 0 Å². The number of hydrogen-bond donors (Lipinski definition) is 3. The summed E-state index contributed by atoms with van der Waals surface area (Å²) in [5.74, 6) is -1.76. The van der Waals surface area contributed by atoms with Gasteiger partial charge in [-0.05, 0) is 25.1 Å². The minimum Gasteiger partial charge on any atom is -0.416 e. The molecule has 0 fully saturated rings. The van der Waals surface area contributed by atoms with Gasteiger partial charge in [-0.15, -0.1) is 11.3 Å². The highest BCUT2D eigenvalue weighted by atomic mass is 35.5. The fourth-order valence-corrected chi connectivity index (χ4v) is 2.67. The quantitative estimate of drug-likeness (QED) is 0.647. The van der Waals surface area contributed by atoms with E-state index in [0.29, 0.717) is 5.13 Å². The second kappa shape index (κ2) is 6.46. The first-order valence-electron chi connectivity index (χ1n) is 6.64. The van der Waals surface area contributed by atoms with Crippen LogP contribution < -0.4 is 16.4 Å². The number of nitrogens with zero attached hydrogens (tertiary/aromatic N) is 2. The monoisotopic (exact) mass is 367 g/mol.